The lowest BCUT2D eigenvalue weighted by atomic mass is 10.0. The summed E-state index contributed by atoms with van der Waals surface area (Å²) in [4.78, 5) is 13.4. The summed E-state index contributed by atoms with van der Waals surface area (Å²) in [5, 5.41) is 4.68. The molecule has 0 radical (unpaired) electrons. The second-order valence-electron chi connectivity index (χ2n) is 11.0. The van der Waals surface area contributed by atoms with Crippen LogP contribution in [0.2, 0.25) is 0 Å². The lowest BCUT2D eigenvalue weighted by Crippen LogP contribution is -2.23. The number of hydrogen-bond donors (Lipinski definition) is 2. The topological polar surface area (TPSA) is 85.2 Å². The van der Waals surface area contributed by atoms with Crippen LogP contribution in [-0.2, 0) is 0 Å². The monoisotopic (exact) mass is 612 g/mol. The first-order valence-electron chi connectivity index (χ1n) is 15.8. The number of aromatic amines is 1. The quantitative estimate of drug-likeness (QED) is 0.0753. The molecule has 0 aliphatic carbocycles. The van der Waals surface area contributed by atoms with Crippen LogP contribution in [0.4, 0.5) is 0 Å². The fourth-order valence-corrected chi connectivity index (χ4v) is 6.19. The lowest BCUT2D eigenvalue weighted by molar-refractivity contribution is 0.380. The first-order chi connectivity index (χ1) is 21.7. The molecule has 8 heteroatoms. The number of thioether (sulfide) groups is 1. The van der Waals surface area contributed by atoms with Crippen molar-refractivity contribution in [1.82, 2.24) is 20.3 Å². The number of para-hydroxylation sites is 2. The van der Waals surface area contributed by atoms with Gasteiger partial charge in [0.2, 0.25) is 5.89 Å². The predicted molar refractivity (Wildman–Crippen MR) is 181 cm³/mol. The number of ether oxygens (including phenoxy) is 2. The van der Waals surface area contributed by atoms with E-state index in [0.29, 0.717) is 0 Å². The van der Waals surface area contributed by atoms with Crippen LogP contribution in [0.3, 0.4) is 0 Å². The van der Waals surface area contributed by atoms with Crippen LogP contribution in [0.1, 0.15) is 70.2 Å². The molecule has 0 spiro atoms. The molecule has 2 heterocycles. The number of aromatic nitrogens is 3. The fourth-order valence-electron chi connectivity index (χ4n) is 5.32. The van der Waals surface area contributed by atoms with Gasteiger partial charge < -0.3 is 24.2 Å². The summed E-state index contributed by atoms with van der Waals surface area (Å²) in [6.45, 7) is 3.20. The molecule has 3 aromatic carbocycles. The normalized spacial score (nSPS) is 12.1. The highest BCUT2D eigenvalue weighted by molar-refractivity contribution is 7.99. The number of fused-ring (bicyclic) bond motifs is 1. The Kier molecular flexibility index (Phi) is 11.8. The van der Waals surface area contributed by atoms with Crippen LogP contribution >= 0.6 is 11.8 Å². The number of unbranched alkanes of at least 4 members (excludes halogenated alkanes) is 5. The molecule has 0 amide bonds. The zero-order valence-corrected chi connectivity index (χ0v) is 26.9. The molecule has 0 saturated carbocycles. The average Bonchev–Trinajstić information content (AvgIpc) is 3.70. The highest BCUT2D eigenvalue weighted by Gasteiger charge is 2.18. The third kappa shape index (κ3) is 8.45. The van der Waals surface area contributed by atoms with Gasteiger partial charge in [0.25, 0.3) is 0 Å². The Balaban J connectivity index is 1.14. The van der Waals surface area contributed by atoms with E-state index < -0.39 is 0 Å². The van der Waals surface area contributed by atoms with Gasteiger partial charge in [-0.05, 0) is 86.5 Å². The first kappa shape index (κ1) is 31.7. The number of nitrogens with one attached hydrogen (secondary N) is 2. The molecule has 0 fully saturated rings. The highest BCUT2D eigenvalue weighted by atomic mass is 32.2. The van der Waals surface area contributed by atoms with Gasteiger partial charge in [0.05, 0.1) is 31.6 Å². The Morgan fingerprint density at radius 2 is 1.50 bits per heavy atom. The molecule has 5 aromatic rings. The van der Waals surface area contributed by atoms with Crippen LogP contribution in [0.25, 0.3) is 33.6 Å². The molecule has 232 valence electrons. The van der Waals surface area contributed by atoms with Crippen LogP contribution in [-0.4, -0.2) is 41.5 Å². The van der Waals surface area contributed by atoms with E-state index in [-0.39, 0.29) is 6.04 Å². The third-order valence-electron chi connectivity index (χ3n) is 7.83. The van der Waals surface area contributed by atoms with E-state index in [2.05, 4.69) is 41.5 Å². The molecule has 0 aliphatic heterocycles. The maximum absolute atomic E-state index is 6.13. The van der Waals surface area contributed by atoms with E-state index in [4.69, 9.17) is 23.9 Å². The molecule has 0 aliphatic rings. The Morgan fingerprint density at radius 3 is 2.20 bits per heavy atom. The van der Waals surface area contributed by atoms with Crippen molar-refractivity contribution in [3.8, 4) is 34.0 Å². The standard InChI is InChI=1S/C36H44N4O3S/c1-4-5-6-8-14-31(35-38-30-13-9-10-15-32(30)43-35)37-24-11-7-12-25-44-36-39-33(26-16-20-28(41-2)21-17-26)34(40-36)27-18-22-29(42-3)23-19-27/h9-10,13,15-23,31,37H,4-8,11-12,14,24-25H2,1-3H3,(H,39,40). The molecule has 5 rings (SSSR count). The van der Waals surface area contributed by atoms with Crippen molar-refractivity contribution in [1.29, 1.82) is 0 Å². The van der Waals surface area contributed by atoms with Crippen molar-refractivity contribution in [2.45, 2.75) is 69.5 Å². The summed E-state index contributed by atoms with van der Waals surface area (Å²) in [6.07, 6.45) is 9.37. The average molecular weight is 613 g/mol. The number of benzene rings is 3. The lowest BCUT2D eigenvalue weighted by Gasteiger charge is -2.15. The minimum atomic E-state index is 0.157. The predicted octanol–water partition coefficient (Wildman–Crippen LogP) is 9.47. The Labute approximate surface area is 265 Å². The van der Waals surface area contributed by atoms with Gasteiger partial charge in [-0.25, -0.2) is 9.97 Å². The van der Waals surface area contributed by atoms with Gasteiger partial charge in [-0.15, -0.1) is 0 Å². The molecule has 0 saturated heterocycles. The summed E-state index contributed by atoms with van der Waals surface area (Å²) >= 11 is 1.78. The third-order valence-corrected chi connectivity index (χ3v) is 8.79. The Hall–Kier alpha value is -3.75. The number of H-pyrrole nitrogens is 1. The number of oxazole rings is 1. The summed E-state index contributed by atoms with van der Waals surface area (Å²) < 4.78 is 16.9. The molecule has 1 unspecified atom stereocenters. The van der Waals surface area contributed by atoms with Crippen LogP contribution in [0.5, 0.6) is 11.5 Å². The van der Waals surface area contributed by atoms with Crippen LogP contribution in [0, 0.1) is 0 Å². The molecule has 1 atom stereocenters. The molecule has 2 aromatic heterocycles. The first-order valence-corrected chi connectivity index (χ1v) is 16.8. The van der Waals surface area contributed by atoms with Gasteiger partial charge >= 0.3 is 0 Å². The van der Waals surface area contributed by atoms with Crippen molar-refractivity contribution in [2.75, 3.05) is 26.5 Å². The summed E-state index contributed by atoms with van der Waals surface area (Å²) in [5.74, 6) is 3.48. The SMILES string of the molecule is CCCCCCC(NCCCCCSc1nc(-c2ccc(OC)cc2)c(-c2ccc(OC)cc2)[nH]1)c1nc2ccccc2o1. The molecular weight excluding hydrogens is 568 g/mol. The number of hydrogen-bond acceptors (Lipinski definition) is 7. The van der Waals surface area contributed by atoms with E-state index in [1.54, 1.807) is 26.0 Å². The fraction of sp³-hybridized carbons (Fsp3) is 0.389. The van der Waals surface area contributed by atoms with Crippen molar-refractivity contribution in [2.24, 2.45) is 0 Å². The Bertz CT molecular complexity index is 1460. The molecule has 7 nitrogen and oxygen atoms in total. The van der Waals surface area contributed by atoms with Gasteiger partial charge in [-0.1, -0.05) is 62.9 Å². The maximum Gasteiger partial charge on any atom is 0.212 e. The van der Waals surface area contributed by atoms with Crippen molar-refractivity contribution in [3.63, 3.8) is 0 Å². The van der Waals surface area contributed by atoms with Crippen molar-refractivity contribution < 1.29 is 13.9 Å². The zero-order valence-electron chi connectivity index (χ0n) is 26.1. The second-order valence-corrected chi connectivity index (χ2v) is 12.1. The highest BCUT2D eigenvalue weighted by Crippen LogP contribution is 2.34. The van der Waals surface area contributed by atoms with Gasteiger partial charge in [0.1, 0.15) is 17.0 Å². The van der Waals surface area contributed by atoms with E-state index in [0.717, 1.165) is 94.1 Å². The zero-order chi connectivity index (χ0) is 30.6. The molecule has 0 bridgehead atoms. The Morgan fingerprint density at radius 1 is 0.795 bits per heavy atom. The number of rotatable bonds is 18. The maximum atomic E-state index is 6.13. The number of methoxy groups -OCH3 is 2. The van der Waals surface area contributed by atoms with Gasteiger partial charge in [-0.2, -0.15) is 0 Å². The van der Waals surface area contributed by atoms with E-state index in [1.165, 1.54) is 25.7 Å². The minimum absolute atomic E-state index is 0.157. The molecule has 44 heavy (non-hydrogen) atoms. The number of imidazole rings is 1. The van der Waals surface area contributed by atoms with E-state index in [1.807, 2.05) is 48.5 Å². The van der Waals surface area contributed by atoms with Crippen molar-refractivity contribution >= 4 is 22.9 Å². The van der Waals surface area contributed by atoms with E-state index in [9.17, 15) is 0 Å². The van der Waals surface area contributed by atoms with Gasteiger partial charge in [0, 0.05) is 16.9 Å². The molecule has 2 N–H and O–H groups in total. The van der Waals surface area contributed by atoms with Crippen LogP contribution < -0.4 is 14.8 Å². The van der Waals surface area contributed by atoms with Gasteiger partial charge in [0.15, 0.2) is 10.7 Å². The number of nitrogens with zero attached hydrogens (tertiary/aromatic N) is 2. The summed E-state index contributed by atoms with van der Waals surface area (Å²) in [7, 11) is 3.37. The van der Waals surface area contributed by atoms with E-state index >= 15 is 0 Å². The second kappa shape index (κ2) is 16.4. The summed E-state index contributed by atoms with van der Waals surface area (Å²) in [5.41, 5.74) is 5.87. The smallest absolute Gasteiger partial charge is 0.212 e. The van der Waals surface area contributed by atoms with Crippen LogP contribution in [0.15, 0.2) is 82.4 Å². The largest absolute Gasteiger partial charge is 0.497 e. The van der Waals surface area contributed by atoms with Gasteiger partial charge in [-0.3, -0.25) is 0 Å². The minimum Gasteiger partial charge on any atom is -0.497 e. The van der Waals surface area contributed by atoms with Crippen molar-refractivity contribution in [3.05, 3.63) is 78.7 Å². The summed E-state index contributed by atoms with van der Waals surface area (Å²) in [6, 6.07) is 24.4. The molecular formula is C36H44N4O3S.